The van der Waals surface area contributed by atoms with Crippen LogP contribution in [0.25, 0.3) is 10.4 Å². The van der Waals surface area contributed by atoms with Gasteiger partial charge in [-0.05, 0) is 31.1 Å². The van der Waals surface area contributed by atoms with Crippen molar-refractivity contribution < 1.29 is 24.7 Å². The van der Waals surface area contributed by atoms with Crippen LogP contribution in [0.2, 0.25) is 0 Å². The van der Waals surface area contributed by atoms with Gasteiger partial charge in [0.05, 0.1) is 27.9 Å². The summed E-state index contributed by atoms with van der Waals surface area (Å²) in [6.07, 6.45) is 3.97. The second kappa shape index (κ2) is 9.34. The molecule has 0 radical (unpaired) electrons. The quantitative estimate of drug-likeness (QED) is 0.186. The number of carboxylic acids is 1. The number of aromatic nitrogens is 2. The van der Waals surface area contributed by atoms with Crippen molar-refractivity contribution in [2.75, 3.05) is 5.75 Å². The number of thiazole rings is 1. The molecule has 3 aromatic rings. The second-order valence-corrected chi connectivity index (χ2v) is 11.1. The smallest absolute Gasteiger partial charge is 0.352 e. The summed E-state index contributed by atoms with van der Waals surface area (Å²) < 4.78 is 1.87. The van der Waals surface area contributed by atoms with Crippen LogP contribution in [-0.2, 0) is 16.0 Å². The average Bonchev–Trinajstić information content (AvgIpc) is 3.48. The fourth-order valence-corrected chi connectivity index (χ4v) is 7.27. The second-order valence-electron chi connectivity index (χ2n) is 8.97. The monoisotopic (exact) mass is 528 g/mol. The number of carbonyl (C=O) groups is 2. The molecular formula is C24H24N4O6S2. The molecule has 1 fully saturated rings. The maximum Gasteiger partial charge on any atom is 0.352 e. The lowest BCUT2D eigenvalue weighted by molar-refractivity contribution is -0.384. The van der Waals surface area contributed by atoms with Crippen molar-refractivity contribution in [2.24, 2.45) is 11.8 Å². The molecule has 1 saturated heterocycles. The molecule has 36 heavy (non-hydrogen) atoms. The third kappa shape index (κ3) is 3.89. The van der Waals surface area contributed by atoms with Gasteiger partial charge in [-0.3, -0.25) is 19.3 Å². The predicted octanol–water partition coefficient (Wildman–Crippen LogP) is 3.68. The average molecular weight is 529 g/mol. The first-order valence-electron chi connectivity index (χ1n) is 11.5. The van der Waals surface area contributed by atoms with Crippen molar-refractivity contribution in [3.63, 3.8) is 0 Å². The van der Waals surface area contributed by atoms with Gasteiger partial charge in [0.2, 0.25) is 5.91 Å². The molecule has 0 saturated carbocycles. The van der Waals surface area contributed by atoms with Gasteiger partial charge in [-0.15, -0.1) is 23.1 Å². The van der Waals surface area contributed by atoms with Crippen LogP contribution in [0.15, 0.2) is 47.5 Å². The van der Waals surface area contributed by atoms with Crippen LogP contribution < -0.4 is 0 Å². The van der Waals surface area contributed by atoms with Gasteiger partial charge >= 0.3 is 5.97 Å². The van der Waals surface area contributed by atoms with E-state index in [1.807, 2.05) is 10.6 Å². The van der Waals surface area contributed by atoms with Gasteiger partial charge in [-0.1, -0.05) is 19.1 Å². The third-order valence-electron chi connectivity index (χ3n) is 6.68. The molecule has 0 aliphatic carbocycles. The largest absolute Gasteiger partial charge is 0.477 e. The van der Waals surface area contributed by atoms with Crippen molar-refractivity contribution in [1.29, 1.82) is 0 Å². The van der Waals surface area contributed by atoms with E-state index < -0.39 is 40.8 Å². The Kier molecular flexibility index (Phi) is 6.35. The van der Waals surface area contributed by atoms with E-state index in [0.29, 0.717) is 12.0 Å². The number of hydrogen-bond donors (Lipinski definition) is 2. The molecule has 1 amide bonds. The normalized spacial score (nSPS) is 22.1. The first-order valence-corrected chi connectivity index (χ1v) is 13.3. The Hall–Kier alpha value is -3.22. The number of nitrogens with zero attached hydrogens (tertiary/aromatic N) is 4. The SMILES string of the molecule is CCCSc1ncn2cc(C3=C(C(=O)O)N4C(=O)[C@H]([C@@H](C)O)[C@H]4C3Cc3ccc([N+](=O)[O-])cc3)sc12. The van der Waals surface area contributed by atoms with Gasteiger partial charge in [0.1, 0.15) is 21.9 Å². The number of aliphatic hydroxyl groups excluding tert-OH is 1. The van der Waals surface area contributed by atoms with Gasteiger partial charge < -0.3 is 15.1 Å². The summed E-state index contributed by atoms with van der Waals surface area (Å²) in [5.41, 5.74) is 1.23. The maximum absolute atomic E-state index is 13.0. The van der Waals surface area contributed by atoms with Crippen molar-refractivity contribution >= 4 is 51.1 Å². The van der Waals surface area contributed by atoms with Crippen LogP contribution in [0, 0.1) is 22.0 Å². The number of amides is 1. The first kappa shape index (κ1) is 24.5. The summed E-state index contributed by atoms with van der Waals surface area (Å²) in [6.45, 7) is 3.63. The highest BCUT2D eigenvalue weighted by Gasteiger charge is 2.61. The van der Waals surface area contributed by atoms with Crippen LogP contribution in [0.3, 0.4) is 0 Å². The number of aliphatic carboxylic acids is 1. The Morgan fingerprint density at radius 2 is 2.06 bits per heavy atom. The summed E-state index contributed by atoms with van der Waals surface area (Å²) >= 11 is 3.07. The summed E-state index contributed by atoms with van der Waals surface area (Å²) in [7, 11) is 0. The molecule has 4 atom stereocenters. The van der Waals surface area contributed by atoms with Gasteiger partial charge in [-0.25, -0.2) is 9.78 Å². The minimum atomic E-state index is -1.20. The van der Waals surface area contributed by atoms with Gasteiger partial charge in [0, 0.05) is 29.8 Å². The van der Waals surface area contributed by atoms with E-state index in [-0.39, 0.29) is 11.4 Å². The zero-order chi connectivity index (χ0) is 25.7. The van der Waals surface area contributed by atoms with Crippen LogP contribution in [0.4, 0.5) is 5.69 Å². The lowest BCUT2D eigenvalue weighted by Crippen LogP contribution is -2.64. The third-order valence-corrected chi connectivity index (χ3v) is 9.14. The predicted molar refractivity (Wildman–Crippen MR) is 135 cm³/mol. The topological polar surface area (TPSA) is 138 Å². The molecule has 4 heterocycles. The minimum absolute atomic E-state index is 0.0347. The molecule has 2 aliphatic rings. The van der Waals surface area contributed by atoms with Crippen LogP contribution in [0.1, 0.15) is 30.7 Å². The van der Waals surface area contributed by atoms with Crippen molar-refractivity contribution in [3.8, 4) is 0 Å². The molecule has 2 N–H and O–H groups in total. The number of non-ortho nitro benzene ring substituents is 1. The number of fused-ring (bicyclic) bond motifs is 2. The molecule has 0 bridgehead atoms. The van der Waals surface area contributed by atoms with Gasteiger partial charge in [-0.2, -0.15) is 0 Å². The number of nitro groups is 1. The number of carboxylic acid groups (broad SMARTS) is 1. The number of imidazole rings is 1. The fraction of sp³-hybridized carbons (Fsp3) is 0.375. The van der Waals surface area contributed by atoms with Crippen molar-refractivity contribution in [2.45, 2.75) is 43.9 Å². The van der Waals surface area contributed by atoms with Gasteiger partial charge in [0.15, 0.2) is 0 Å². The van der Waals surface area contributed by atoms with E-state index in [4.69, 9.17) is 0 Å². The lowest BCUT2D eigenvalue weighted by atomic mass is 9.74. The lowest BCUT2D eigenvalue weighted by Gasteiger charge is -2.47. The molecule has 2 aromatic heterocycles. The summed E-state index contributed by atoms with van der Waals surface area (Å²) in [6, 6.07) is 5.63. The molecule has 12 heteroatoms. The van der Waals surface area contributed by atoms with E-state index in [9.17, 15) is 29.9 Å². The van der Waals surface area contributed by atoms with Crippen molar-refractivity contribution in [1.82, 2.24) is 14.3 Å². The van der Waals surface area contributed by atoms with Crippen LogP contribution >= 0.6 is 23.1 Å². The van der Waals surface area contributed by atoms with Crippen LogP contribution in [0.5, 0.6) is 0 Å². The summed E-state index contributed by atoms with van der Waals surface area (Å²) in [4.78, 5) is 43.4. The highest BCUT2D eigenvalue weighted by molar-refractivity contribution is 7.99. The van der Waals surface area contributed by atoms with E-state index >= 15 is 0 Å². The van der Waals surface area contributed by atoms with Gasteiger partial charge in [0.25, 0.3) is 5.69 Å². The van der Waals surface area contributed by atoms with E-state index in [1.54, 1.807) is 37.1 Å². The molecule has 1 unspecified atom stereocenters. The molecule has 2 aliphatic heterocycles. The fourth-order valence-electron chi connectivity index (χ4n) is 5.14. The zero-order valence-corrected chi connectivity index (χ0v) is 21.2. The molecule has 188 valence electrons. The number of benzene rings is 1. The first-order chi connectivity index (χ1) is 17.2. The number of rotatable bonds is 9. The standard InChI is InChI=1S/C24H24N4O6S2/c1-3-8-35-21-23-26(11-25-21)10-16(36-23)18-15(9-13-4-6-14(7-5-13)28(33)34)19-17(12(2)29)22(30)27(19)20(18)24(31)32/h4-7,10-12,15,17,19,29H,3,8-9H2,1-2H3,(H,31,32)/t12-,15?,17-,19-/m1/s1. The number of nitro benzene ring substituents is 1. The number of aliphatic hydroxyl groups is 1. The Balaban J connectivity index is 1.61. The van der Waals surface area contributed by atoms with Crippen molar-refractivity contribution in [3.05, 3.63) is 63.0 Å². The number of β-lactam (4-membered cyclic amide) rings is 1. The molecule has 5 rings (SSSR count). The number of thioether (sulfide) groups is 1. The molecule has 10 nitrogen and oxygen atoms in total. The Morgan fingerprint density at radius 3 is 2.67 bits per heavy atom. The minimum Gasteiger partial charge on any atom is -0.477 e. The highest BCUT2D eigenvalue weighted by Crippen LogP contribution is 2.53. The number of carbonyl (C=O) groups excluding carboxylic acids is 1. The number of hydrogen-bond acceptors (Lipinski definition) is 8. The van der Waals surface area contributed by atoms with E-state index in [2.05, 4.69) is 11.9 Å². The van der Waals surface area contributed by atoms with E-state index in [0.717, 1.165) is 32.5 Å². The molecule has 0 spiro atoms. The summed E-state index contributed by atoms with van der Waals surface area (Å²) in [5.74, 6) is -1.82. The Morgan fingerprint density at radius 1 is 1.33 bits per heavy atom. The Bertz CT molecular complexity index is 1390. The Labute approximate surface area is 214 Å². The maximum atomic E-state index is 13.0. The zero-order valence-electron chi connectivity index (χ0n) is 19.5. The van der Waals surface area contributed by atoms with E-state index in [1.165, 1.54) is 28.4 Å². The highest BCUT2D eigenvalue weighted by atomic mass is 32.2. The van der Waals surface area contributed by atoms with Crippen LogP contribution in [-0.4, -0.2) is 59.2 Å². The summed E-state index contributed by atoms with van der Waals surface area (Å²) in [5, 5.41) is 32.5. The molecule has 1 aromatic carbocycles. The molecular weight excluding hydrogens is 504 g/mol.